The second-order valence-electron chi connectivity index (χ2n) is 7.11. The third kappa shape index (κ3) is 4.18. The van der Waals surface area contributed by atoms with Crippen LogP contribution in [-0.4, -0.2) is 34.6 Å². The van der Waals surface area contributed by atoms with E-state index < -0.39 is 0 Å². The lowest BCUT2D eigenvalue weighted by Gasteiger charge is -2.12. The van der Waals surface area contributed by atoms with Crippen LogP contribution in [0.3, 0.4) is 0 Å². The summed E-state index contributed by atoms with van der Waals surface area (Å²) >= 11 is 1.39. The number of benzene rings is 1. The van der Waals surface area contributed by atoms with Crippen molar-refractivity contribution in [3.8, 4) is 0 Å². The molecule has 6 heteroatoms. The molecular weight excluding hydrogens is 346 g/mol. The van der Waals surface area contributed by atoms with Crippen molar-refractivity contribution in [2.75, 3.05) is 5.75 Å². The Balaban J connectivity index is 1.49. The molecule has 5 nitrogen and oxygen atoms in total. The minimum atomic E-state index is -0.0524. The highest BCUT2D eigenvalue weighted by molar-refractivity contribution is 7.99. The lowest BCUT2D eigenvalue weighted by atomic mass is 10.1. The smallest absolute Gasteiger partial charge is 0.252 e. The lowest BCUT2D eigenvalue weighted by molar-refractivity contribution is -0.119. The van der Waals surface area contributed by atoms with Crippen LogP contribution in [0.1, 0.15) is 48.9 Å². The molecule has 2 aromatic rings. The zero-order chi connectivity index (χ0) is 17.9. The van der Waals surface area contributed by atoms with E-state index in [2.05, 4.69) is 15.6 Å². The molecule has 2 amide bonds. The van der Waals surface area contributed by atoms with Gasteiger partial charge in [0.1, 0.15) is 0 Å². The molecule has 2 aliphatic rings. The van der Waals surface area contributed by atoms with Gasteiger partial charge in [-0.05, 0) is 37.8 Å². The Bertz CT molecular complexity index is 829. The minimum Gasteiger partial charge on any atom is -0.353 e. The quantitative estimate of drug-likeness (QED) is 0.767. The third-order valence-corrected chi connectivity index (χ3v) is 5.83. The number of nitrogens with one attached hydrogen (secondary N) is 2. The topological polar surface area (TPSA) is 71.1 Å². The number of fused-ring (bicyclic) bond motifs is 1. The van der Waals surface area contributed by atoms with Crippen molar-refractivity contribution < 1.29 is 9.59 Å². The number of hydrogen-bond acceptors (Lipinski definition) is 4. The molecule has 26 heavy (non-hydrogen) atoms. The van der Waals surface area contributed by atoms with Crippen molar-refractivity contribution in [3.05, 3.63) is 35.9 Å². The average molecular weight is 369 g/mol. The fraction of sp³-hybridized carbons (Fsp3) is 0.450. The molecule has 4 rings (SSSR count). The van der Waals surface area contributed by atoms with E-state index in [1.807, 2.05) is 30.3 Å². The highest BCUT2D eigenvalue weighted by Crippen LogP contribution is 2.26. The second-order valence-corrected chi connectivity index (χ2v) is 8.11. The largest absolute Gasteiger partial charge is 0.353 e. The van der Waals surface area contributed by atoms with Gasteiger partial charge in [0, 0.05) is 17.5 Å². The van der Waals surface area contributed by atoms with Crippen molar-refractivity contribution in [1.29, 1.82) is 0 Å². The van der Waals surface area contributed by atoms with E-state index in [0.29, 0.717) is 28.4 Å². The number of nitrogens with zero attached hydrogens (tertiary/aromatic N) is 1. The SMILES string of the molecule is O=C(CSc1cc(C(=O)NC2CC2)c2ccccc2n1)NC1CCCC1. The van der Waals surface area contributed by atoms with Gasteiger partial charge in [0.2, 0.25) is 5.91 Å². The van der Waals surface area contributed by atoms with E-state index in [1.54, 1.807) is 0 Å². The summed E-state index contributed by atoms with van der Waals surface area (Å²) < 4.78 is 0. The number of rotatable bonds is 6. The maximum Gasteiger partial charge on any atom is 0.252 e. The van der Waals surface area contributed by atoms with Gasteiger partial charge in [-0.2, -0.15) is 0 Å². The summed E-state index contributed by atoms with van der Waals surface area (Å²) in [4.78, 5) is 29.4. The molecule has 1 aromatic carbocycles. The monoisotopic (exact) mass is 369 g/mol. The van der Waals surface area contributed by atoms with Gasteiger partial charge in [0.05, 0.1) is 21.9 Å². The first-order valence-corrected chi connectivity index (χ1v) is 10.3. The second kappa shape index (κ2) is 7.66. The van der Waals surface area contributed by atoms with Gasteiger partial charge < -0.3 is 10.6 Å². The summed E-state index contributed by atoms with van der Waals surface area (Å²) in [6, 6.07) is 10.1. The molecule has 0 unspecified atom stereocenters. The zero-order valence-corrected chi connectivity index (χ0v) is 15.5. The Labute approximate surface area is 157 Å². The maximum absolute atomic E-state index is 12.6. The summed E-state index contributed by atoms with van der Waals surface area (Å²) in [5, 5.41) is 7.70. The fourth-order valence-corrected chi connectivity index (χ4v) is 4.11. The van der Waals surface area contributed by atoms with E-state index in [0.717, 1.165) is 36.6 Å². The fourth-order valence-electron chi connectivity index (χ4n) is 3.38. The minimum absolute atomic E-state index is 0.0424. The van der Waals surface area contributed by atoms with Gasteiger partial charge in [-0.1, -0.05) is 42.8 Å². The standard InChI is InChI=1S/C20H23N3O2S/c24-18(21-13-5-1-2-6-13)12-26-19-11-16(20(25)22-14-9-10-14)15-7-3-4-8-17(15)23-19/h3-4,7-8,11,13-14H,1-2,5-6,9-10,12H2,(H,21,24)(H,22,25). The van der Waals surface area contributed by atoms with Crippen LogP contribution in [0.15, 0.2) is 35.4 Å². The molecule has 0 radical (unpaired) electrons. The molecule has 0 bridgehead atoms. The van der Waals surface area contributed by atoms with Crippen LogP contribution in [-0.2, 0) is 4.79 Å². The maximum atomic E-state index is 12.6. The van der Waals surface area contributed by atoms with Crippen molar-refractivity contribution in [2.45, 2.75) is 55.6 Å². The van der Waals surface area contributed by atoms with Crippen LogP contribution >= 0.6 is 11.8 Å². The first-order valence-electron chi connectivity index (χ1n) is 9.32. The van der Waals surface area contributed by atoms with Crippen LogP contribution in [0.25, 0.3) is 10.9 Å². The average Bonchev–Trinajstić information content (AvgIpc) is 3.31. The first kappa shape index (κ1) is 17.3. The van der Waals surface area contributed by atoms with Gasteiger partial charge in [-0.15, -0.1) is 0 Å². The highest BCUT2D eigenvalue weighted by atomic mass is 32.2. The molecule has 136 valence electrons. The molecule has 0 saturated heterocycles. The number of carbonyl (C=O) groups is 2. The number of thioether (sulfide) groups is 1. The summed E-state index contributed by atoms with van der Waals surface area (Å²) in [6.45, 7) is 0. The Morgan fingerprint density at radius 2 is 1.77 bits per heavy atom. The highest BCUT2D eigenvalue weighted by Gasteiger charge is 2.25. The number of hydrogen-bond donors (Lipinski definition) is 2. The summed E-state index contributed by atoms with van der Waals surface area (Å²) in [7, 11) is 0. The number of aromatic nitrogens is 1. The van der Waals surface area contributed by atoms with E-state index in [1.165, 1.54) is 24.6 Å². The zero-order valence-electron chi connectivity index (χ0n) is 14.7. The number of carbonyl (C=O) groups excluding carboxylic acids is 2. The summed E-state index contributed by atoms with van der Waals surface area (Å²) in [6.07, 6.45) is 6.66. The van der Waals surface area contributed by atoms with Gasteiger partial charge >= 0.3 is 0 Å². The van der Waals surface area contributed by atoms with Gasteiger partial charge in [-0.3, -0.25) is 9.59 Å². The Kier molecular flexibility index (Phi) is 5.11. The summed E-state index contributed by atoms with van der Waals surface area (Å²) in [5.74, 6) is 0.315. The van der Waals surface area contributed by atoms with E-state index >= 15 is 0 Å². The molecule has 2 fully saturated rings. The van der Waals surface area contributed by atoms with E-state index in [9.17, 15) is 9.59 Å². The van der Waals surface area contributed by atoms with Crippen LogP contribution in [0.2, 0.25) is 0 Å². The number of para-hydroxylation sites is 1. The summed E-state index contributed by atoms with van der Waals surface area (Å²) in [5.41, 5.74) is 1.43. The predicted molar refractivity (Wildman–Crippen MR) is 103 cm³/mol. The Hall–Kier alpha value is -2.08. The molecule has 1 heterocycles. The van der Waals surface area contributed by atoms with Crippen molar-refractivity contribution in [2.24, 2.45) is 0 Å². The van der Waals surface area contributed by atoms with Gasteiger partial charge in [0.15, 0.2) is 0 Å². The van der Waals surface area contributed by atoms with E-state index in [4.69, 9.17) is 0 Å². The first-order chi connectivity index (χ1) is 12.7. The van der Waals surface area contributed by atoms with Crippen LogP contribution in [0.4, 0.5) is 0 Å². The predicted octanol–water partition coefficient (Wildman–Crippen LogP) is 3.28. The lowest BCUT2D eigenvalue weighted by Crippen LogP contribution is -2.33. The van der Waals surface area contributed by atoms with Crippen molar-refractivity contribution in [3.63, 3.8) is 0 Å². The molecule has 0 aliphatic heterocycles. The Morgan fingerprint density at radius 3 is 2.54 bits per heavy atom. The Morgan fingerprint density at radius 1 is 1.04 bits per heavy atom. The third-order valence-electron chi connectivity index (χ3n) is 4.92. The van der Waals surface area contributed by atoms with Gasteiger partial charge in [-0.25, -0.2) is 4.98 Å². The molecule has 0 atom stereocenters. The molecule has 2 aliphatic carbocycles. The van der Waals surface area contributed by atoms with E-state index in [-0.39, 0.29) is 11.8 Å². The molecule has 0 spiro atoms. The molecular formula is C20H23N3O2S. The van der Waals surface area contributed by atoms with Gasteiger partial charge in [0.25, 0.3) is 5.91 Å². The van der Waals surface area contributed by atoms with Crippen LogP contribution < -0.4 is 10.6 Å². The van der Waals surface area contributed by atoms with Crippen molar-refractivity contribution in [1.82, 2.24) is 15.6 Å². The molecule has 2 N–H and O–H groups in total. The van der Waals surface area contributed by atoms with Crippen LogP contribution in [0, 0.1) is 0 Å². The molecule has 2 saturated carbocycles. The van der Waals surface area contributed by atoms with Crippen molar-refractivity contribution >= 4 is 34.5 Å². The number of pyridine rings is 1. The van der Waals surface area contributed by atoms with Crippen LogP contribution in [0.5, 0.6) is 0 Å². The number of amides is 2. The normalized spacial score (nSPS) is 17.4. The molecule has 1 aromatic heterocycles.